The Balaban J connectivity index is 1.14. The molecule has 5 aromatic rings. The van der Waals surface area contributed by atoms with Crippen LogP contribution in [0.5, 0.6) is 0 Å². The van der Waals surface area contributed by atoms with Crippen LogP contribution in [-0.2, 0) is 5.75 Å². The summed E-state index contributed by atoms with van der Waals surface area (Å²) in [6, 6.07) is 19.6. The Bertz CT molecular complexity index is 1590. The number of hydrogen-bond acceptors (Lipinski definition) is 8. The van der Waals surface area contributed by atoms with Gasteiger partial charge in [-0.1, -0.05) is 53.7 Å². The van der Waals surface area contributed by atoms with Gasteiger partial charge in [0.15, 0.2) is 10.9 Å². The molecule has 4 heterocycles. The number of thiazole rings is 1. The molecule has 0 N–H and O–H groups in total. The van der Waals surface area contributed by atoms with Gasteiger partial charge >= 0.3 is 0 Å². The first-order valence-corrected chi connectivity index (χ1v) is 14.7. The van der Waals surface area contributed by atoms with Gasteiger partial charge in [0.2, 0.25) is 5.82 Å². The number of benzene rings is 2. The van der Waals surface area contributed by atoms with Crippen LogP contribution in [0.4, 0.5) is 5.69 Å². The van der Waals surface area contributed by atoms with E-state index in [-0.39, 0.29) is 5.91 Å². The Hall–Kier alpha value is -3.60. The fourth-order valence-corrected chi connectivity index (χ4v) is 6.57. The van der Waals surface area contributed by atoms with E-state index >= 15 is 0 Å². The molecule has 6 rings (SSSR count). The Kier molecular flexibility index (Phi) is 7.40. The first kappa shape index (κ1) is 25.7. The van der Waals surface area contributed by atoms with Crippen molar-refractivity contribution >= 4 is 46.3 Å². The highest BCUT2D eigenvalue weighted by molar-refractivity contribution is 7.98. The predicted molar refractivity (Wildman–Crippen MR) is 155 cm³/mol. The van der Waals surface area contributed by atoms with Gasteiger partial charge in [0, 0.05) is 31.6 Å². The zero-order chi connectivity index (χ0) is 26.8. The van der Waals surface area contributed by atoms with E-state index in [9.17, 15) is 4.79 Å². The van der Waals surface area contributed by atoms with Crippen molar-refractivity contribution in [3.05, 3.63) is 93.6 Å². The minimum Gasteiger partial charge on any atom is -0.461 e. The minimum atomic E-state index is -0.0375. The van der Waals surface area contributed by atoms with E-state index in [1.165, 1.54) is 23.1 Å². The van der Waals surface area contributed by atoms with Gasteiger partial charge in [0.25, 0.3) is 5.91 Å². The van der Waals surface area contributed by atoms with Crippen LogP contribution in [0.3, 0.4) is 0 Å². The van der Waals surface area contributed by atoms with Crippen LogP contribution in [0, 0.1) is 6.92 Å². The van der Waals surface area contributed by atoms with E-state index in [1.807, 2.05) is 69.4 Å². The molecule has 39 heavy (non-hydrogen) atoms. The number of hydrogen-bond donors (Lipinski definition) is 0. The summed E-state index contributed by atoms with van der Waals surface area (Å²) in [6.07, 6.45) is 1.63. The Morgan fingerprint density at radius 3 is 2.51 bits per heavy atom. The standard InChI is InChI=1S/C28H25ClN6O2S2/c1-19-7-2-4-9-22(19)35-26(24-11-6-16-37-24)31-32-28(35)39-18-25-30-21(17-38-25)27(36)34-14-12-33(13-15-34)23-10-5-3-8-20(23)29/h2-11,16-17H,12-15,18H2,1H3. The molecule has 8 nitrogen and oxygen atoms in total. The number of carbonyl (C=O) groups excluding carboxylic acids is 1. The maximum Gasteiger partial charge on any atom is 0.273 e. The molecule has 1 aliphatic heterocycles. The first-order valence-electron chi connectivity index (χ1n) is 12.5. The molecule has 0 aliphatic carbocycles. The van der Waals surface area contributed by atoms with Crippen molar-refractivity contribution in [1.29, 1.82) is 0 Å². The Morgan fingerprint density at radius 1 is 1.00 bits per heavy atom. The number of aromatic nitrogens is 4. The summed E-state index contributed by atoms with van der Waals surface area (Å²) in [5.41, 5.74) is 3.58. The van der Waals surface area contributed by atoms with E-state index in [2.05, 4.69) is 33.1 Å². The summed E-state index contributed by atoms with van der Waals surface area (Å²) < 4.78 is 7.64. The number of anilines is 1. The van der Waals surface area contributed by atoms with Gasteiger partial charge < -0.3 is 14.2 Å². The molecule has 11 heteroatoms. The highest BCUT2D eigenvalue weighted by Crippen LogP contribution is 2.32. The van der Waals surface area contributed by atoms with Crippen molar-refractivity contribution in [2.24, 2.45) is 0 Å². The normalized spacial score (nSPS) is 13.7. The highest BCUT2D eigenvalue weighted by Gasteiger charge is 2.25. The molecule has 2 aromatic carbocycles. The highest BCUT2D eigenvalue weighted by atomic mass is 35.5. The lowest BCUT2D eigenvalue weighted by molar-refractivity contribution is 0.0741. The smallest absolute Gasteiger partial charge is 0.273 e. The van der Waals surface area contributed by atoms with Crippen molar-refractivity contribution in [1.82, 2.24) is 24.6 Å². The number of amides is 1. The topological polar surface area (TPSA) is 80.3 Å². The number of halogens is 1. The van der Waals surface area contributed by atoms with Gasteiger partial charge in [-0.25, -0.2) is 4.98 Å². The van der Waals surface area contributed by atoms with Gasteiger partial charge in [-0.2, -0.15) is 0 Å². The van der Waals surface area contributed by atoms with Crippen LogP contribution in [0.25, 0.3) is 17.3 Å². The summed E-state index contributed by atoms with van der Waals surface area (Å²) in [5.74, 6) is 1.82. The third-order valence-electron chi connectivity index (χ3n) is 6.59. The zero-order valence-corrected chi connectivity index (χ0v) is 23.5. The third-order valence-corrected chi connectivity index (χ3v) is 8.88. The summed E-state index contributed by atoms with van der Waals surface area (Å²) in [7, 11) is 0. The molecule has 0 radical (unpaired) electrons. The van der Waals surface area contributed by atoms with E-state index in [0.717, 1.165) is 45.2 Å². The Morgan fingerprint density at radius 2 is 1.77 bits per heavy atom. The molecular weight excluding hydrogens is 552 g/mol. The summed E-state index contributed by atoms with van der Waals surface area (Å²) in [6.45, 7) is 4.77. The van der Waals surface area contributed by atoms with Crippen LogP contribution in [-0.4, -0.2) is 56.7 Å². The maximum atomic E-state index is 13.2. The molecule has 1 aliphatic rings. The average molecular weight is 577 g/mol. The lowest BCUT2D eigenvalue weighted by atomic mass is 10.2. The number of carbonyl (C=O) groups is 1. The average Bonchev–Trinajstić information content (AvgIpc) is 3.73. The van der Waals surface area contributed by atoms with Crippen LogP contribution < -0.4 is 4.90 Å². The van der Waals surface area contributed by atoms with Crippen LogP contribution in [0.15, 0.2) is 81.9 Å². The molecule has 0 bridgehead atoms. The van der Waals surface area contributed by atoms with Crippen molar-refractivity contribution in [3.63, 3.8) is 0 Å². The lowest BCUT2D eigenvalue weighted by Crippen LogP contribution is -2.49. The first-order chi connectivity index (χ1) is 19.1. The summed E-state index contributed by atoms with van der Waals surface area (Å²) in [4.78, 5) is 21.9. The number of piperazine rings is 1. The van der Waals surface area contributed by atoms with Gasteiger partial charge in [-0.15, -0.1) is 21.5 Å². The molecule has 1 fully saturated rings. The van der Waals surface area contributed by atoms with Crippen molar-refractivity contribution in [3.8, 4) is 17.3 Å². The number of rotatable bonds is 7. The van der Waals surface area contributed by atoms with E-state index in [0.29, 0.717) is 36.1 Å². The fourth-order valence-electron chi connectivity index (χ4n) is 4.58. The largest absolute Gasteiger partial charge is 0.461 e. The molecular formula is C28H25ClN6O2S2. The molecule has 0 unspecified atom stereocenters. The number of nitrogens with zero attached hydrogens (tertiary/aromatic N) is 6. The minimum absolute atomic E-state index is 0.0375. The number of furan rings is 1. The number of para-hydroxylation sites is 2. The van der Waals surface area contributed by atoms with Crippen molar-refractivity contribution in [2.75, 3.05) is 31.1 Å². The van der Waals surface area contributed by atoms with Crippen LogP contribution in [0.1, 0.15) is 21.1 Å². The molecule has 0 spiro atoms. The number of aryl methyl sites for hydroxylation is 1. The number of thioether (sulfide) groups is 1. The van der Waals surface area contributed by atoms with E-state index in [4.69, 9.17) is 16.0 Å². The molecule has 3 aromatic heterocycles. The summed E-state index contributed by atoms with van der Waals surface area (Å²) >= 11 is 9.38. The second-order valence-corrected chi connectivity index (χ2v) is 11.3. The molecule has 1 amide bonds. The van der Waals surface area contributed by atoms with Crippen LogP contribution in [0.2, 0.25) is 5.02 Å². The molecule has 0 saturated carbocycles. The lowest BCUT2D eigenvalue weighted by Gasteiger charge is -2.36. The van der Waals surface area contributed by atoms with E-state index in [1.54, 1.807) is 6.26 Å². The van der Waals surface area contributed by atoms with Crippen molar-refractivity contribution < 1.29 is 9.21 Å². The van der Waals surface area contributed by atoms with E-state index < -0.39 is 0 Å². The SMILES string of the molecule is Cc1ccccc1-n1c(SCc2nc(C(=O)N3CCN(c4ccccc4Cl)CC3)cs2)nnc1-c1ccco1. The molecule has 1 saturated heterocycles. The van der Waals surface area contributed by atoms with Gasteiger partial charge in [-0.3, -0.25) is 9.36 Å². The third kappa shape index (κ3) is 5.32. The second-order valence-electron chi connectivity index (χ2n) is 9.05. The maximum absolute atomic E-state index is 13.2. The van der Waals surface area contributed by atoms with Gasteiger partial charge in [0.05, 0.1) is 28.4 Å². The van der Waals surface area contributed by atoms with Crippen LogP contribution >= 0.6 is 34.7 Å². The quantitative estimate of drug-likeness (QED) is 0.213. The summed E-state index contributed by atoms with van der Waals surface area (Å²) in [5, 5.41) is 13.1. The fraction of sp³-hybridized carbons (Fsp3) is 0.214. The predicted octanol–water partition coefficient (Wildman–Crippen LogP) is 6.20. The van der Waals surface area contributed by atoms with Crippen molar-refractivity contribution in [2.45, 2.75) is 17.8 Å². The second kappa shape index (κ2) is 11.3. The monoisotopic (exact) mass is 576 g/mol. The van der Waals surface area contributed by atoms with Gasteiger partial charge in [0.1, 0.15) is 10.7 Å². The van der Waals surface area contributed by atoms with Gasteiger partial charge in [-0.05, 0) is 42.8 Å². The molecule has 198 valence electrons. The molecule has 0 atom stereocenters. The Labute approximate surface area is 239 Å². The zero-order valence-electron chi connectivity index (χ0n) is 21.2.